The van der Waals surface area contributed by atoms with E-state index >= 15 is 0 Å². The number of nitrogens with zero attached hydrogens (tertiary/aromatic N) is 1. The van der Waals surface area contributed by atoms with Gasteiger partial charge in [-0.2, -0.15) is 0 Å². The van der Waals surface area contributed by atoms with Gasteiger partial charge in [-0.15, -0.1) is 11.3 Å². The third-order valence-electron chi connectivity index (χ3n) is 1.29. The van der Waals surface area contributed by atoms with Crippen molar-refractivity contribution in [1.29, 1.82) is 0 Å². The standard InChI is InChI=1S/C8H11NO2S/c1-6-5-12-8(9-6)3-4-11-7(2)10/h5H,3-4H2,1-2H3. The zero-order valence-corrected chi connectivity index (χ0v) is 7.98. The average molecular weight is 185 g/mol. The molecule has 66 valence electrons. The second-order valence-electron chi connectivity index (χ2n) is 2.47. The Bertz CT molecular complexity index is 270. The molecule has 0 fully saturated rings. The zero-order valence-electron chi connectivity index (χ0n) is 7.16. The summed E-state index contributed by atoms with van der Waals surface area (Å²) in [6.07, 6.45) is 0.720. The smallest absolute Gasteiger partial charge is 0.302 e. The summed E-state index contributed by atoms with van der Waals surface area (Å²) in [4.78, 5) is 14.6. The number of carbonyl (C=O) groups is 1. The monoisotopic (exact) mass is 185 g/mol. The topological polar surface area (TPSA) is 39.2 Å². The first-order valence-corrected chi connectivity index (χ1v) is 4.61. The molecule has 0 saturated carbocycles. The molecule has 12 heavy (non-hydrogen) atoms. The number of aryl methyl sites for hydroxylation is 1. The maximum atomic E-state index is 10.4. The van der Waals surface area contributed by atoms with Gasteiger partial charge >= 0.3 is 5.97 Å². The Morgan fingerprint density at radius 2 is 2.50 bits per heavy atom. The van der Waals surface area contributed by atoms with Crippen LogP contribution in [0.3, 0.4) is 0 Å². The van der Waals surface area contributed by atoms with Crippen LogP contribution in [0.1, 0.15) is 17.6 Å². The van der Waals surface area contributed by atoms with Crippen LogP contribution in [-0.4, -0.2) is 17.6 Å². The van der Waals surface area contributed by atoms with Gasteiger partial charge in [0, 0.05) is 24.4 Å². The third kappa shape index (κ3) is 3.00. The fourth-order valence-corrected chi connectivity index (χ4v) is 1.56. The van der Waals surface area contributed by atoms with Crippen LogP contribution in [0.2, 0.25) is 0 Å². The Hall–Kier alpha value is -0.900. The molecule has 0 bridgehead atoms. The minimum atomic E-state index is -0.233. The van der Waals surface area contributed by atoms with Gasteiger partial charge in [-0.25, -0.2) is 4.98 Å². The number of aromatic nitrogens is 1. The lowest BCUT2D eigenvalue weighted by Gasteiger charge is -1.97. The van der Waals surface area contributed by atoms with Crippen LogP contribution in [0.25, 0.3) is 0 Å². The van der Waals surface area contributed by atoms with E-state index in [2.05, 4.69) is 4.98 Å². The molecule has 1 heterocycles. The molecule has 0 spiro atoms. The second kappa shape index (κ2) is 4.21. The molecule has 0 aliphatic carbocycles. The Morgan fingerprint density at radius 3 is 3.00 bits per heavy atom. The van der Waals surface area contributed by atoms with Crippen LogP contribution >= 0.6 is 11.3 Å². The minimum Gasteiger partial charge on any atom is -0.465 e. The van der Waals surface area contributed by atoms with Gasteiger partial charge in [-0.05, 0) is 6.92 Å². The fourth-order valence-electron chi connectivity index (χ4n) is 0.800. The van der Waals surface area contributed by atoms with Crippen molar-refractivity contribution in [3.05, 3.63) is 16.1 Å². The van der Waals surface area contributed by atoms with Crippen LogP contribution in [0.15, 0.2) is 5.38 Å². The molecule has 0 atom stereocenters. The van der Waals surface area contributed by atoms with Crippen molar-refractivity contribution in [3.63, 3.8) is 0 Å². The number of ether oxygens (including phenoxy) is 1. The highest BCUT2D eigenvalue weighted by Gasteiger charge is 1.99. The first-order chi connectivity index (χ1) is 5.68. The molecule has 0 aliphatic rings. The molecule has 4 heteroatoms. The highest BCUT2D eigenvalue weighted by atomic mass is 32.1. The Balaban J connectivity index is 2.29. The van der Waals surface area contributed by atoms with E-state index in [4.69, 9.17) is 4.74 Å². The second-order valence-corrected chi connectivity index (χ2v) is 3.42. The van der Waals surface area contributed by atoms with Crippen LogP contribution in [0, 0.1) is 6.92 Å². The average Bonchev–Trinajstić information content (AvgIpc) is 2.35. The van der Waals surface area contributed by atoms with Crippen LogP contribution in [-0.2, 0) is 16.0 Å². The van der Waals surface area contributed by atoms with Gasteiger partial charge in [0.25, 0.3) is 0 Å². The number of thiazole rings is 1. The minimum absolute atomic E-state index is 0.233. The molecule has 0 aliphatic heterocycles. The highest BCUT2D eigenvalue weighted by molar-refractivity contribution is 7.09. The van der Waals surface area contributed by atoms with Crippen molar-refractivity contribution in [2.75, 3.05) is 6.61 Å². The molecular formula is C8H11NO2S. The summed E-state index contributed by atoms with van der Waals surface area (Å²) in [5.74, 6) is -0.233. The quantitative estimate of drug-likeness (QED) is 0.671. The summed E-state index contributed by atoms with van der Waals surface area (Å²) < 4.78 is 4.78. The van der Waals surface area contributed by atoms with Gasteiger partial charge in [-0.3, -0.25) is 4.79 Å². The van der Waals surface area contributed by atoms with E-state index < -0.39 is 0 Å². The first kappa shape index (κ1) is 9.19. The lowest BCUT2D eigenvalue weighted by molar-refractivity contribution is -0.140. The van der Waals surface area contributed by atoms with Gasteiger partial charge in [0.15, 0.2) is 0 Å². The lowest BCUT2D eigenvalue weighted by atomic mass is 10.5. The Kier molecular flexibility index (Phi) is 3.22. The fraction of sp³-hybridized carbons (Fsp3) is 0.500. The van der Waals surface area contributed by atoms with Crippen molar-refractivity contribution < 1.29 is 9.53 Å². The summed E-state index contributed by atoms with van der Waals surface area (Å²) in [7, 11) is 0. The maximum Gasteiger partial charge on any atom is 0.302 e. The van der Waals surface area contributed by atoms with Crippen LogP contribution < -0.4 is 0 Å². The van der Waals surface area contributed by atoms with Crippen molar-refractivity contribution in [1.82, 2.24) is 4.98 Å². The van der Waals surface area contributed by atoms with E-state index in [1.165, 1.54) is 6.92 Å². The Labute approximate surface area is 75.4 Å². The number of carbonyl (C=O) groups excluding carboxylic acids is 1. The molecule has 0 saturated heterocycles. The molecule has 0 amide bonds. The van der Waals surface area contributed by atoms with Crippen molar-refractivity contribution in [2.24, 2.45) is 0 Å². The summed E-state index contributed by atoms with van der Waals surface area (Å²) in [6, 6.07) is 0. The summed E-state index contributed by atoms with van der Waals surface area (Å²) in [6.45, 7) is 3.79. The summed E-state index contributed by atoms with van der Waals surface area (Å²) >= 11 is 1.60. The first-order valence-electron chi connectivity index (χ1n) is 3.73. The highest BCUT2D eigenvalue weighted by Crippen LogP contribution is 2.08. The third-order valence-corrected chi connectivity index (χ3v) is 2.31. The molecule has 3 nitrogen and oxygen atoms in total. The van der Waals surface area contributed by atoms with E-state index in [1.807, 2.05) is 12.3 Å². The largest absolute Gasteiger partial charge is 0.465 e. The van der Waals surface area contributed by atoms with E-state index in [1.54, 1.807) is 11.3 Å². The van der Waals surface area contributed by atoms with Gasteiger partial charge in [0.05, 0.1) is 11.6 Å². The van der Waals surface area contributed by atoms with Gasteiger partial charge in [0.2, 0.25) is 0 Å². The van der Waals surface area contributed by atoms with Gasteiger partial charge in [0.1, 0.15) is 0 Å². The van der Waals surface area contributed by atoms with Crippen molar-refractivity contribution in [3.8, 4) is 0 Å². The van der Waals surface area contributed by atoms with Gasteiger partial charge in [-0.1, -0.05) is 0 Å². The molecule has 1 rings (SSSR count). The van der Waals surface area contributed by atoms with E-state index in [0.717, 1.165) is 17.1 Å². The van der Waals surface area contributed by atoms with Crippen molar-refractivity contribution in [2.45, 2.75) is 20.3 Å². The molecule has 0 N–H and O–H groups in total. The van der Waals surface area contributed by atoms with Crippen molar-refractivity contribution >= 4 is 17.3 Å². The molecule has 1 aromatic heterocycles. The number of esters is 1. The number of hydrogen-bond donors (Lipinski definition) is 0. The van der Waals surface area contributed by atoms with E-state index in [9.17, 15) is 4.79 Å². The van der Waals surface area contributed by atoms with E-state index in [0.29, 0.717) is 6.61 Å². The number of rotatable bonds is 3. The molecular weight excluding hydrogens is 174 g/mol. The van der Waals surface area contributed by atoms with E-state index in [-0.39, 0.29) is 5.97 Å². The van der Waals surface area contributed by atoms with Gasteiger partial charge < -0.3 is 4.74 Å². The van der Waals surface area contributed by atoms with Crippen LogP contribution in [0.4, 0.5) is 0 Å². The molecule has 0 unspecified atom stereocenters. The summed E-state index contributed by atoms with van der Waals surface area (Å²) in [5, 5.41) is 3.01. The predicted octanol–water partition coefficient (Wildman–Crippen LogP) is 1.56. The molecule has 0 aromatic carbocycles. The number of hydrogen-bond acceptors (Lipinski definition) is 4. The lowest BCUT2D eigenvalue weighted by Crippen LogP contribution is -2.02. The SMILES string of the molecule is CC(=O)OCCc1nc(C)cs1. The Morgan fingerprint density at radius 1 is 1.75 bits per heavy atom. The van der Waals surface area contributed by atoms with Crippen LogP contribution in [0.5, 0.6) is 0 Å². The molecule has 1 aromatic rings. The summed E-state index contributed by atoms with van der Waals surface area (Å²) in [5.41, 5.74) is 1.03. The molecule has 0 radical (unpaired) electrons. The zero-order chi connectivity index (χ0) is 8.97. The maximum absolute atomic E-state index is 10.4. The normalized spacial score (nSPS) is 9.83. The predicted molar refractivity (Wildman–Crippen MR) is 47.2 cm³/mol.